The van der Waals surface area contributed by atoms with Gasteiger partial charge in [-0.05, 0) is 36.5 Å². The minimum atomic E-state index is 0.176. The Morgan fingerprint density at radius 3 is 2.72 bits per heavy atom. The quantitative estimate of drug-likeness (QED) is 0.861. The molecular weight excluding hydrogens is 312 g/mol. The molecule has 4 rings (SSSR count). The van der Waals surface area contributed by atoms with Gasteiger partial charge in [0.25, 0.3) is 5.91 Å². The first-order chi connectivity index (χ1) is 12.3. The molecule has 2 bridgehead atoms. The van der Waals surface area contributed by atoms with Gasteiger partial charge in [-0.15, -0.1) is 0 Å². The fraction of sp³-hybridized carbons (Fsp3) is 0.450. The third-order valence-electron chi connectivity index (χ3n) is 5.27. The summed E-state index contributed by atoms with van der Waals surface area (Å²) in [5, 5.41) is 0. The van der Waals surface area contributed by atoms with Crippen LogP contribution in [0.4, 0.5) is 5.95 Å². The predicted molar refractivity (Wildman–Crippen MR) is 97.6 cm³/mol. The average Bonchev–Trinajstić information content (AvgIpc) is 2.96. The van der Waals surface area contributed by atoms with Crippen molar-refractivity contribution >= 4 is 11.9 Å². The Labute approximate surface area is 148 Å². The molecule has 2 aromatic rings. The van der Waals surface area contributed by atoms with Gasteiger partial charge in [-0.25, -0.2) is 9.97 Å². The SMILES string of the molecule is CCCc1ccccc1C(=O)N1CC2CC(C1)N(c1ncccn1)C2. The first-order valence-corrected chi connectivity index (χ1v) is 9.17. The number of aromatic nitrogens is 2. The van der Waals surface area contributed by atoms with Gasteiger partial charge in [0.15, 0.2) is 0 Å². The molecule has 130 valence electrons. The highest BCUT2D eigenvalue weighted by Crippen LogP contribution is 2.32. The Morgan fingerprint density at radius 1 is 1.12 bits per heavy atom. The number of carbonyl (C=O) groups is 1. The van der Waals surface area contributed by atoms with Gasteiger partial charge < -0.3 is 9.80 Å². The van der Waals surface area contributed by atoms with Gasteiger partial charge in [-0.1, -0.05) is 31.5 Å². The number of anilines is 1. The maximum atomic E-state index is 13.1. The molecule has 2 aliphatic rings. The molecule has 2 atom stereocenters. The van der Waals surface area contributed by atoms with E-state index in [4.69, 9.17) is 0 Å². The van der Waals surface area contributed by atoms with Crippen molar-refractivity contribution in [1.82, 2.24) is 14.9 Å². The average molecular weight is 336 g/mol. The van der Waals surface area contributed by atoms with Crippen molar-refractivity contribution in [2.45, 2.75) is 32.2 Å². The molecule has 1 aromatic carbocycles. The number of hydrogen-bond donors (Lipinski definition) is 0. The monoisotopic (exact) mass is 336 g/mol. The van der Waals surface area contributed by atoms with E-state index in [9.17, 15) is 4.79 Å². The second-order valence-corrected chi connectivity index (χ2v) is 7.07. The van der Waals surface area contributed by atoms with Crippen molar-refractivity contribution in [1.29, 1.82) is 0 Å². The zero-order chi connectivity index (χ0) is 17.2. The standard InChI is InChI=1S/C20H24N4O/c1-2-6-16-7-3-4-8-18(16)19(25)23-12-15-11-17(14-23)24(13-15)20-21-9-5-10-22-20/h3-5,7-10,15,17H,2,6,11-14H2,1H3. The fourth-order valence-electron chi connectivity index (χ4n) is 4.20. The molecule has 25 heavy (non-hydrogen) atoms. The highest BCUT2D eigenvalue weighted by molar-refractivity contribution is 5.96. The van der Waals surface area contributed by atoms with E-state index < -0.39 is 0 Å². The van der Waals surface area contributed by atoms with Crippen LogP contribution in [0.25, 0.3) is 0 Å². The summed E-state index contributed by atoms with van der Waals surface area (Å²) in [6.07, 6.45) is 6.70. The minimum absolute atomic E-state index is 0.176. The first-order valence-electron chi connectivity index (χ1n) is 9.17. The van der Waals surface area contributed by atoms with Gasteiger partial charge in [0.2, 0.25) is 5.95 Å². The highest BCUT2D eigenvalue weighted by Gasteiger charge is 2.41. The molecule has 0 radical (unpaired) electrons. The van der Waals surface area contributed by atoms with E-state index in [1.54, 1.807) is 12.4 Å². The van der Waals surface area contributed by atoms with E-state index in [1.807, 2.05) is 29.2 Å². The van der Waals surface area contributed by atoms with Crippen molar-refractivity contribution in [2.24, 2.45) is 5.92 Å². The normalized spacial score (nSPS) is 22.3. The van der Waals surface area contributed by atoms with E-state index in [0.717, 1.165) is 56.0 Å². The number of piperidine rings is 1. The number of carbonyl (C=O) groups excluding carboxylic acids is 1. The summed E-state index contributed by atoms with van der Waals surface area (Å²) in [5.41, 5.74) is 2.03. The Balaban J connectivity index is 1.53. The van der Waals surface area contributed by atoms with Crippen LogP contribution in [0.5, 0.6) is 0 Å². The molecule has 2 aliphatic heterocycles. The van der Waals surface area contributed by atoms with E-state index in [0.29, 0.717) is 12.0 Å². The molecule has 2 unspecified atom stereocenters. The zero-order valence-corrected chi connectivity index (χ0v) is 14.6. The lowest BCUT2D eigenvalue weighted by Crippen LogP contribution is -2.45. The van der Waals surface area contributed by atoms with Crippen molar-refractivity contribution in [3.8, 4) is 0 Å². The number of benzene rings is 1. The fourth-order valence-corrected chi connectivity index (χ4v) is 4.20. The van der Waals surface area contributed by atoms with Crippen LogP contribution in [0.1, 0.15) is 35.7 Å². The second kappa shape index (κ2) is 6.82. The number of likely N-dealkylation sites (tertiary alicyclic amines) is 1. The summed E-state index contributed by atoms with van der Waals surface area (Å²) in [4.78, 5) is 26.2. The zero-order valence-electron chi connectivity index (χ0n) is 14.6. The number of fused-ring (bicyclic) bond motifs is 2. The van der Waals surface area contributed by atoms with Crippen molar-refractivity contribution in [2.75, 3.05) is 24.5 Å². The minimum Gasteiger partial charge on any atom is -0.336 e. The molecule has 2 saturated heterocycles. The van der Waals surface area contributed by atoms with Gasteiger partial charge in [-0.3, -0.25) is 4.79 Å². The maximum Gasteiger partial charge on any atom is 0.254 e. The van der Waals surface area contributed by atoms with E-state index >= 15 is 0 Å². The van der Waals surface area contributed by atoms with Crippen LogP contribution in [-0.2, 0) is 6.42 Å². The maximum absolute atomic E-state index is 13.1. The second-order valence-electron chi connectivity index (χ2n) is 7.07. The lowest BCUT2D eigenvalue weighted by Gasteiger charge is -2.33. The molecule has 5 heteroatoms. The summed E-state index contributed by atoms with van der Waals surface area (Å²) in [6.45, 7) is 4.68. The number of aryl methyl sites for hydroxylation is 1. The molecule has 3 heterocycles. The van der Waals surface area contributed by atoms with Gasteiger partial charge in [0, 0.05) is 43.6 Å². The number of hydrogen-bond acceptors (Lipinski definition) is 4. The summed E-state index contributed by atoms with van der Waals surface area (Å²) >= 11 is 0. The molecular formula is C20H24N4O. The third-order valence-corrected chi connectivity index (χ3v) is 5.27. The van der Waals surface area contributed by atoms with E-state index in [-0.39, 0.29) is 5.91 Å². The molecule has 0 saturated carbocycles. The lowest BCUT2D eigenvalue weighted by atomic mass is 9.97. The first kappa shape index (κ1) is 16.1. The lowest BCUT2D eigenvalue weighted by molar-refractivity contribution is 0.0693. The van der Waals surface area contributed by atoms with Gasteiger partial charge in [0.1, 0.15) is 0 Å². The third kappa shape index (κ3) is 3.11. The van der Waals surface area contributed by atoms with Crippen LogP contribution in [0.15, 0.2) is 42.7 Å². The largest absolute Gasteiger partial charge is 0.336 e. The van der Waals surface area contributed by atoms with Crippen LogP contribution in [0.2, 0.25) is 0 Å². The van der Waals surface area contributed by atoms with Crippen LogP contribution < -0.4 is 4.90 Å². The van der Waals surface area contributed by atoms with Gasteiger partial charge in [0.05, 0.1) is 0 Å². The van der Waals surface area contributed by atoms with Crippen LogP contribution >= 0.6 is 0 Å². The highest BCUT2D eigenvalue weighted by atomic mass is 16.2. The molecule has 5 nitrogen and oxygen atoms in total. The van der Waals surface area contributed by atoms with Crippen LogP contribution in [-0.4, -0.2) is 46.5 Å². The van der Waals surface area contributed by atoms with E-state index in [1.165, 1.54) is 0 Å². The Morgan fingerprint density at radius 2 is 1.92 bits per heavy atom. The molecule has 0 spiro atoms. The number of nitrogens with zero attached hydrogens (tertiary/aromatic N) is 4. The molecule has 1 amide bonds. The number of rotatable bonds is 4. The van der Waals surface area contributed by atoms with Crippen LogP contribution in [0.3, 0.4) is 0 Å². The molecule has 1 aromatic heterocycles. The van der Waals surface area contributed by atoms with Crippen LogP contribution in [0, 0.1) is 5.92 Å². The van der Waals surface area contributed by atoms with Crippen molar-refractivity contribution < 1.29 is 4.79 Å². The van der Waals surface area contributed by atoms with Gasteiger partial charge >= 0.3 is 0 Å². The topological polar surface area (TPSA) is 49.3 Å². The van der Waals surface area contributed by atoms with Crippen molar-refractivity contribution in [3.63, 3.8) is 0 Å². The van der Waals surface area contributed by atoms with Gasteiger partial charge in [-0.2, -0.15) is 0 Å². The Bertz CT molecular complexity index is 748. The molecule has 0 aliphatic carbocycles. The Hall–Kier alpha value is -2.43. The molecule has 0 N–H and O–H groups in total. The molecule has 2 fully saturated rings. The van der Waals surface area contributed by atoms with E-state index in [2.05, 4.69) is 27.9 Å². The number of amides is 1. The summed E-state index contributed by atoms with van der Waals surface area (Å²) < 4.78 is 0. The summed E-state index contributed by atoms with van der Waals surface area (Å²) in [6, 6.07) is 10.2. The summed E-state index contributed by atoms with van der Waals surface area (Å²) in [5.74, 6) is 1.47. The predicted octanol–water partition coefficient (Wildman–Crippen LogP) is 2.78. The van der Waals surface area contributed by atoms with Crippen molar-refractivity contribution in [3.05, 3.63) is 53.9 Å². The Kier molecular flexibility index (Phi) is 4.38. The summed E-state index contributed by atoms with van der Waals surface area (Å²) in [7, 11) is 0. The smallest absolute Gasteiger partial charge is 0.254 e.